The van der Waals surface area contributed by atoms with Crippen LogP contribution in [0.25, 0.3) is 0 Å². The first-order valence-corrected chi connectivity index (χ1v) is 3.14. The quantitative estimate of drug-likeness (QED) is 0.380. The molecule has 0 saturated carbocycles. The third kappa shape index (κ3) is 5.33. The van der Waals surface area contributed by atoms with E-state index in [1.165, 1.54) is 0 Å². The number of rotatable bonds is 4. The summed E-state index contributed by atoms with van der Waals surface area (Å²) in [7, 11) is 0. The molecule has 5 N–H and O–H groups in total. The maximum atomic E-state index is 10.6. The lowest BCUT2D eigenvalue weighted by Crippen LogP contribution is -2.39. The van der Waals surface area contributed by atoms with Crippen molar-refractivity contribution in [3.63, 3.8) is 0 Å². The zero-order valence-electron chi connectivity index (χ0n) is 5.76. The van der Waals surface area contributed by atoms with Crippen LogP contribution < -0.4 is 16.4 Å². The molecule has 0 aromatic rings. The van der Waals surface area contributed by atoms with Crippen molar-refractivity contribution in [3.05, 3.63) is 0 Å². The maximum absolute atomic E-state index is 10.6. The molecule has 0 aliphatic heterocycles. The second-order valence-electron chi connectivity index (χ2n) is 1.69. The number of hydrogen-bond donors (Lipinski definition) is 4. The van der Waals surface area contributed by atoms with Crippen molar-refractivity contribution in [2.75, 3.05) is 26.2 Å². The molecule has 2 amide bonds. The van der Waals surface area contributed by atoms with Crippen LogP contribution >= 0.6 is 0 Å². The second kappa shape index (κ2) is 6.31. The van der Waals surface area contributed by atoms with Crippen LogP contribution in [0.15, 0.2) is 0 Å². The number of hydrogen-bond acceptors (Lipinski definition) is 3. The first-order valence-electron chi connectivity index (χ1n) is 3.14. The SMILES string of the molecule is NCCNC(=O)NCCO. The van der Waals surface area contributed by atoms with Crippen LogP contribution in [-0.4, -0.2) is 37.4 Å². The van der Waals surface area contributed by atoms with Crippen molar-refractivity contribution in [2.45, 2.75) is 0 Å². The van der Waals surface area contributed by atoms with Crippen molar-refractivity contribution < 1.29 is 9.90 Å². The minimum atomic E-state index is -0.292. The van der Waals surface area contributed by atoms with Crippen molar-refractivity contribution in [3.8, 4) is 0 Å². The van der Waals surface area contributed by atoms with E-state index < -0.39 is 0 Å². The van der Waals surface area contributed by atoms with E-state index in [-0.39, 0.29) is 19.2 Å². The summed E-state index contributed by atoms with van der Waals surface area (Å²) in [4.78, 5) is 10.6. The lowest BCUT2D eigenvalue weighted by atomic mass is 10.6. The van der Waals surface area contributed by atoms with E-state index in [4.69, 9.17) is 10.8 Å². The highest BCUT2D eigenvalue weighted by Gasteiger charge is 1.94. The lowest BCUT2D eigenvalue weighted by Gasteiger charge is -2.03. The van der Waals surface area contributed by atoms with Crippen LogP contribution in [-0.2, 0) is 0 Å². The van der Waals surface area contributed by atoms with Crippen LogP contribution in [0.5, 0.6) is 0 Å². The number of carbonyl (C=O) groups is 1. The van der Waals surface area contributed by atoms with E-state index in [1.54, 1.807) is 0 Å². The monoisotopic (exact) mass is 147 g/mol. The molecule has 0 rings (SSSR count). The molecule has 5 nitrogen and oxygen atoms in total. The number of aliphatic hydroxyl groups excluding tert-OH is 1. The summed E-state index contributed by atoms with van der Waals surface area (Å²) in [6.07, 6.45) is 0. The van der Waals surface area contributed by atoms with Gasteiger partial charge in [0.05, 0.1) is 6.61 Å². The molecule has 0 fully saturated rings. The van der Waals surface area contributed by atoms with E-state index in [0.29, 0.717) is 13.1 Å². The van der Waals surface area contributed by atoms with Crippen LogP contribution in [0.2, 0.25) is 0 Å². The fourth-order valence-corrected chi connectivity index (χ4v) is 0.418. The van der Waals surface area contributed by atoms with Gasteiger partial charge in [-0.3, -0.25) is 0 Å². The van der Waals surface area contributed by atoms with E-state index in [9.17, 15) is 4.79 Å². The van der Waals surface area contributed by atoms with E-state index >= 15 is 0 Å². The summed E-state index contributed by atoms with van der Waals surface area (Å²) in [6, 6.07) is -0.292. The van der Waals surface area contributed by atoms with Crippen LogP contribution in [0, 0.1) is 0 Å². The Kier molecular flexibility index (Phi) is 5.80. The highest BCUT2D eigenvalue weighted by atomic mass is 16.3. The van der Waals surface area contributed by atoms with Gasteiger partial charge in [0, 0.05) is 19.6 Å². The van der Waals surface area contributed by atoms with Gasteiger partial charge in [0.2, 0.25) is 0 Å². The summed E-state index contributed by atoms with van der Waals surface area (Å²) in [5.74, 6) is 0. The highest BCUT2D eigenvalue weighted by Crippen LogP contribution is 1.61. The Hall–Kier alpha value is -0.810. The predicted octanol–water partition coefficient (Wildman–Crippen LogP) is -1.76. The first-order chi connectivity index (χ1) is 4.81. The number of aliphatic hydroxyl groups is 1. The molecule has 0 heterocycles. The smallest absolute Gasteiger partial charge is 0.314 e. The van der Waals surface area contributed by atoms with Crippen molar-refractivity contribution in [1.29, 1.82) is 0 Å². The number of carbonyl (C=O) groups excluding carboxylic acids is 1. The second-order valence-corrected chi connectivity index (χ2v) is 1.69. The minimum Gasteiger partial charge on any atom is -0.395 e. The lowest BCUT2D eigenvalue weighted by molar-refractivity contribution is 0.234. The van der Waals surface area contributed by atoms with Crippen LogP contribution in [0.4, 0.5) is 4.79 Å². The number of nitrogens with two attached hydrogens (primary N) is 1. The van der Waals surface area contributed by atoms with Gasteiger partial charge in [0.15, 0.2) is 0 Å². The number of nitrogens with one attached hydrogen (secondary N) is 2. The fraction of sp³-hybridized carbons (Fsp3) is 0.800. The van der Waals surface area contributed by atoms with Gasteiger partial charge in [0.1, 0.15) is 0 Å². The molecule has 0 unspecified atom stereocenters. The number of amides is 2. The van der Waals surface area contributed by atoms with Crippen LogP contribution in [0.1, 0.15) is 0 Å². The first kappa shape index (κ1) is 9.19. The predicted molar refractivity (Wildman–Crippen MR) is 37.5 cm³/mol. The molecule has 0 saturated heterocycles. The Balaban J connectivity index is 3.09. The van der Waals surface area contributed by atoms with E-state index in [0.717, 1.165) is 0 Å². The molecule has 0 aliphatic rings. The molecule has 10 heavy (non-hydrogen) atoms. The Morgan fingerprint density at radius 1 is 1.40 bits per heavy atom. The zero-order valence-corrected chi connectivity index (χ0v) is 5.76. The highest BCUT2D eigenvalue weighted by molar-refractivity contribution is 5.73. The van der Waals surface area contributed by atoms with Crippen molar-refractivity contribution in [1.82, 2.24) is 10.6 Å². The van der Waals surface area contributed by atoms with Gasteiger partial charge in [-0.05, 0) is 0 Å². The Morgan fingerprint density at radius 2 is 2.00 bits per heavy atom. The Morgan fingerprint density at radius 3 is 2.50 bits per heavy atom. The summed E-state index contributed by atoms with van der Waals surface area (Å²) >= 11 is 0. The van der Waals surface area contributed by atoms with Gasteiger partial charge in [-0.1, -0.05) is 0 Å². The summed E-state index contributed by atoms with van der Waals surface area (Å²) in [5, 5.41) is 13.2. The van der Waals surface area contributed by atoms with Gasteiger partial charge in [-0.25, -0.2) is 4.79 Å². The van der Waals surface area contributed by atoms with Gasteiger partial charge in [0.25, 0.3) is 0 Å². The molecule has 60 valence electrons. The molecule has 5 heteroatoms. The summed E-state index contributed by atoms with van der Waals surface area (Å²) < 4.78 is 0. The normalized spacial score (nSPS) is 9.00. The number of urea groups is 1. The standard InChI is InChI=1S/C5H13N3O2/c6-1-2-7-5(10)8-3-4-9/h9H,1-4,6H2,(H2,7,8,10). The molecular weight excluding hydrogens is 134 g/mol. The van der Waals surface area contributed by atoms with E-state index in [2.05, 4.69) is 10.6 Å². The maximum Gasteiger partial charge on any atom is 0.314 e. The molecule has 0 aliphatic carbocycles. The third-order valence-electron chi connectivity index (χ3n) is 0.827. The molecule has 0 aromatic carbocycles. The average molecular weight is 147 g/mol. The Bertz CT molecular complexity index is 86.9. The van der Waals surface area contributed by atoms with Crippen molar-refractivity contribution in [2.24, 2.45) is 5.73 Å². The third-order valence-corrected chi connectivity index (χ3v) is 0.827. The summed E-state index contributed by atoms with van der Waals surface area (Å²) in [5.41, 5.74) is 5.11. The molecule has 0 aromatic heterocycles. The molecular formula is C5H13N3O2. The molecule has 0 spiro atoms. The fourth-order valence-electron chi connectivity index (χ4n) is 0.418. The molecule has 0 radical (unpaired) electrons. The van der Waals surface area contributed by atoms with Crippen LogP contribution in [0.3, 0.4) is 0 Å². The topological polar surface area (TPSA) is 87.4 Å². The minimum absolute atomic E-state index is 0.0456. The zero-order chi connectivity index (χ0) is 7.82. The average Bonchev–Trinajstić information content (AvgIpc) is 1.97. The Labute approximate surface area is 59.6 Å². The van der Waals surface area contributed by atoms with Gasteiger partial charge < -0.3 is 21.5 Å². The summed E-state index contributed by atoms with van der Waals surface area (Å²) in [6.45, 7) is 1.11. The van der Waals surface area contributed by atoms with Gasteiger partial charge in [-0.2, -0.15) is 0 Å². The van der Waals surface area contributed by atoms with Gasteiger partial charge in [-0.15, -0.1) is 0 Å². The van der Waals surface area contributed by atoms with E-state index in [1.807, 2.05) is 0 Å². The van der Waals surface area contributed by atoms with Gasteiger partial charge >= 0.3 is 6.03 Å². The molecule has 0 bridgehead atoms. The molecule has 0 atom stereocenters. The largest absolute Gasteiger partial charge is 0.395 e. The van der Waals surface area contributed by atoms with Crippen molar-refractivity contribution >= 4 is 6.03 Å².